The fourth-order valence-electron chi connectivity index (χ4n) is 1.88. The van der Waals surface area contributed by atoms with Crippen molar-refractivity contribution in [2.24, 2.45) is 0 Å². The molecule has 0 bridgehead atoms. The third-order valence-corrected chi connectivity index (χ3v) is 4.96. The Bertz CT molecular complexity index is 463. The van der Waals surface area contributed by atoms with Crippen molar-refractivity contribution in [2.45, 2.75) is 24.5 Å². The summed E-state index contributed by atoms with van der Waals surface area (Å²) in [6, 6.07) is 1.60. The van der Waals surface area contributed by atoms with Crippen LogP contribution in [-0.2, 0) is 16.3 Å². The van der Waals surface area contributed by atoms with Crippen molar-refractivity contribution in [3.8, 4) is 0 Å². The first-order valence-corrected chi connectivity index (χ1v) is 6.54. The zero-order chi connectivity index (χ0) is 10.9. The van der Waals surface area contributed by atoms with Gasteiger partial charge in [-0.25, -0.2) is 8.42 Å². The van der Waals surface area contributed by atoms with E-state index in [9.17, 15) is 13.2 Å². The van der Waals surface area contributed by atoms with Crippen LogP contribution in [-0.4, -0.2) is 35.9 Å². The largest absolute Gasteiger partial charge is 0.296 e. The van der Waals surface area contributed by atoms with Crippen molar-refractivity contribution >= 4 is 16.1 Å². The average molecular weight is 228 g/mol. The molecule has 1 saturated heterocycles. The molecule has 15 heavy (non-hydrogen) atoms. The van der Waals surface area contributed by atoms with Gasteiger partial charge in [-0.05, 0) is 18.9 Å². The maximum Gasteiger partial charge on any atom is 0.170 e. The Kier molecular flexibility index (Phi) is 2.60. The van der Waals surface area contributed by atoms with Crippen molar-refractivity contribution in [1.82, 2.24) is 10.2 Å². The monoisotopic (exact) mass is 228 g/mol. The lowest BCUT2D eigenvalue weighted by molar-refractivity contribution is 0.111. The maximum absolute atomic E-state index is 11.5. The van der Waals surface area contributed by atoms with E-state index >= 15 is 0 Å². The van der Waals surface area contributed by atoms with E-state index in [0.717, 1.165) is 6.42 Å². The van der Waals surface area contributed by atoms with Crippen LogP contribution in [0.5, 0.6) is 0 Å². The van der Waals surface area contributed by atoms with Crippen LogP contribution in [0.3, 0.4) is 0 Å². The number of nitrogens with zero attached hydrogens (tertiary/aromatic N) is 1. The van der Waals surface area contributed by atoms with Crippen LogP contribution in [0.4, 0.5) is 0 Å². The standard InChI is InChI=1S/C9H12N2O3S/c12-6-8-4-7(10-11-8)5-9-2-1-3-15(9,13)14/h4,6,9H,1-3,5H2,(H,10,11). The summed E-state index contributed by atoms with van der Waals surface area (Å²) in [6.45, 7) is 0. The predicted octanol–water partition coefficient (Wildman–Crippen LogP) is 0.342. The number of carbonyl (C=O) groups is 1. The van der Waals surface area contributed by atoms with E-state index in [0.29, 0.717) is 30.5 Å². The number of rotatable bonds is 3. The minimum Gasteiger partial charge on any atom is -0.296 e. The van der Waals surface area contributed by atoms with Gasteiger partial charge in [-0.15, -0.1) is 0 Å². The molecule has 1 aliphatic heterocycles. The van der Waals surface area contributed by atoms with Gasteiger partial charge in [0.2, 0.25) is 0 Å². The Morgan fingerprint density at radius 1 is 1.60 bits per heavy atom. The molecule has 0 radical (unpaired) electrons. The van der Waals surface area contributed by atoms with Gasteiger partial charge in [0.15, 0.2) is 16.1 Å². The van der Waals surface area contributed by atoms with E-state index in [1.807, 2.05) is 0 Å². The van der Waals surface area contributed by atoms with Gasteiger partial charge < -0.3 is 0 Å². The van der Waals surface area contributed by atoms with Crippen LogP contribution in [0.25, 0.3) is 0 Å². The Morgan fingerprint density at radius 3 is 2.93 bits per heavy atom. The molecule has 1 aromatic heterocycles. The van der Waals surface area contributed by atoms with Crippen LogP contribution < -0.4 is 0 Å². The molecule has 0 spiro atoms. The summed E-state index contributed by atoms with van der Waals surface area (Å²) in [4.78, 5) is 10.4. The molecule has 0 amide bonds. The summed E-state index contributed by atoms with van der Waals surface area (Å²) in [5, 5.41) is 6.10. The molecule has 1 aliphatic rings. The maximum atomic E-state index is 11.5. The molecular formula is C9H12N2O3S. The van der Waals surface area contributed by atoms with Crippen molar-refractivity contribution in [1.29, 1.82) is 0 Å². The highest BCUT2D eigenvalue weighted by Gasteiger charge is 2.31. The van der Waals surface area contributed by atoms with Gasteiger partial charge in [0, 0.05) is 12.1 Å². The second-order valence-corrected chi connectivity index (χ2v) is 6.17. The summed E-state index contributed by atoms with van der Waals surface area (Å²) in [6.07, 6.45) is 2.52. The van der Waals surface area contributed by atoms with Crippen LogP contribution in [0.2, 0.25) is 0 Å². The van der Waals surface area contributed by atoms with E-state index < -0.39 is 9.84 Å². The summed E-state index contributed by atoms with van der Waals surface area (Å²) >= 11 is 0. The average Bonchev–Trinajstić information content (AvgIpc) is 2.75. The van der Waals surface area contributed by atoms with E-state index in [2.05, 4.69) is 10.2 Å². The van der Waals surface area contributed by atoms with Gasteiger partial charge in [0.1, 0.15) is 5.69 Å². The van der Waals surface area contributed by atoms with Crippen molar-refractivity contribution in [2.75, 3.05) is 5.75 Å². The van der Waals surface area contributed by atoms with Crippen molar-refractivity contribution in [3.05, 3.63) is 17.5 Å². The molecule has 6 heteroatoms. The number of nitrogens with one attached hydrogen (secondary N) is 1. The Labute approximate surface area is 87.8 Å². The lowest BCUT2D eigenvalue weighted by atomic mass is 10.1. The second-order valence-electron chi connectivity index (χ2n) is 3.77. The number of sulfone groups is 1. The normalized spacial score (nSPS) is 24.1. The van der Waals surface area contributed by atoms with Gasteiger partial charge in [0.05, 0.1) is 11.0 Å². The zero-order valence-corrected chi connectivity index (χ0v) is 8.96. The van der Waals surface area contributed by atoms with E-state index in [-0.39, 0.29) is 11.0 Å². The number of aromatic nitrogens is 2. The molecule has 1 N–H and O–H groups in total. The molecule has 2 rings (SSSR count). The molecule has 82 valence electrons. The number of hydrogen-bond donors (Lipinski definition) is 1. The second kappa shape index (κ2) is 3.77. The van der Waals surface area contributed by atoms with Gasteiger partial charge in [-0.1, -0.05) is 0 Å². The molecule has 2 heterocycles. The first kappa shape index (κ1) is 10.4. The zero-order valence-electron chi connectivity index (χ0n) is 8.14. The lowest BCUT2D eigenvalue weighted by Gasteiger charge is -2.06. The number of hydrogen-bond acceptors (Lipinski definition) is 4. The molecule has 5 nitrogen and oxygen atoms in total. The van der Waals surface area contributed by atoms with Crippen LogP contribution >= 0.6 is 0 Å². The molecule has 1 unspecified atom stereocenters. The lowest BCUT2D eigenvalue weighted by Crippen LogP contribution is -2.18. The number of aromatic amines is 1. The molecule has 1 aromatic rings. The molecule has 0 saturated carbocycles. The Balaban J connectivity index is 2.12. The quantitative estimate of drug-likeness (QED) is 0.757. The SMILES string of the molecule is O=Cc1cc(CC2CCCS2(=O)=O)[nH]n1. The van der Waals surface area contributed by atoms with Gasteiger partial charge in [-0.2, -0.15) is 5.10 Å². The van der Waals surface area contributed by atoms with Crippen molar-refractivity contribution in [3.63, 3.8) is 0 Å². The first-order chi connectivity index (χ1) is 7.12. The van der Waals surface area contributed by atoms with Crippen molar-refractivity contribution < 1.29 is 13.2 Å². The number of H-pyrrole nitrogens is 1. The molecule has 1 fully saturated rings. The molecule has 1 atom stereocenters. The first-order valence-electron chi connectivity index (χ1n) is 4.83. The Morgan fingerprint density at radius 2 is 2.40 bits per heavy atom. The minimum atomic E-state index is -2.92. The van der Waals surface area contributed by atoms with E-state index in [1.54, 1.807) is 6.07 Å². The fourth-order valence-corrected chi connectivity index (χ4v) is 3.74. The highest BCUT2D eigenvalue weighted by molar-refractivity contribution is 7.92. The smallest absolute Gasteiger partial charge is 0.170 e. The third kappa shape index (κ3) is 2.09. The summed E-state index contributed by atoms with van der Waals surface area (Å²) < 4.78 is 23.1. The summed E-state index contributed by atoms with van der Waals surface area (Å²) in [5.41, 5.74) is 1.04. The number of carbonyl (C=O) groups excluding carboxylic acids is 1. The molecule has 0 aliphatic carbocycles. The van der Waals surface area contributed by atoms with E-state index in [1.165, 1.54) is 0 Å². The predicted molar refractivity (Wildman–Crippen MR) is 54.5 cm³/mol. The highest BCUT2D eigenvalue weighted by Crippen LogP contribution is 2.22. The third-order valence-electron chi connectivity index (χ3n) is 2.68. The van der Waals surface area contributed by atoms with Crippen LogP contribution in [0.1, 0.15) is 29.0 Å². The fraction of sp³-hybridized carbons (Fsp3) is 0.556. The highest BCUT2D eigenvalue weighted by atomic mass is 32.2. The van der Waals surface area contributed by atoms with Gasteiger partial charge in [-0.3, -0.25) is 9.89 Å². The number of aldehydes is 1. The van der Waals surface area contributed by atoms with Gasteiger partial charge >= 0.3 is 0 Å². The Hall–Kier alpha value is -1.17. The molecule has 0 aromatic carbocycles. The van der Waals surface area contributed by atoms with Crippen LogP contribution in [0, 0.1) is 0 Å². The van der Waals surface area contributed by atoms with Crippen LogP contribution in [0.15, 0.2) is 6.07 Å². The van der Waals surface area contributed by atoms with Gasteiger partial charge in [0.25, 0.3) is 0 Å². The summed E-state index contributed by atoms with van der Waals surface area (Å²) in [7, 11) is -2.92. The summed E-state index contributed by atoms with van der Waals surface area (Å²) in [5.74, 6) is 0.284. The minimum absolute atomic E-state index is 0.284. The topological polar surface area (TPSA) is 79.9 Å². The van der Waals surface area contributed by atoms with E-state index in [4.69, 9.17) is 0 Å². The molecular weight excluding hydrogens is 216 g/mol.